The Labute approximate surface area is 248 Å². The number of H-pyrrole nitrogens is 1. The first-order chi connectivity index (χ1) is 19.6. The van der Waals surface area contributed by atoms with Gasteiger partial charge in [0.2, 0.25) is 5.52 Å². The van der Waals surface area contributed by atoms with Crippen LogP contribution in [0.15, 0.2) is 121 Å². The van der Waals surface area contributed by atoms with Crippen molar-refractivity contribution in [3.63, 3.8) is 0 Å². The van der Waals surface area contributed by atoms with Gasteiger partial charge in [-0.05, 0) is 38.4 Å². The number of rotatable bonds is 2. The number of aromatic amines is 1. The van der Waals surface area contributed by atoms with E-state index in [4.69, 9.17) is 0 Å². The summed E-state index contributed by atoms with van der Waals surface area (Å²) in [7, 11) is 0. The molecule has 2 heterocycles. The normalized spacial score (nSPS) is 10.9. The Balaban J connectivity index is 0.000000144. The second kappa shape index (κ2) is 11.1. The Morgan fingerprint density at radius 3 is 1.68 bits per heavy atom. The van der Waals surface area contributed by atoms with Crippen molar-refractivity contribution in [2.75, 3.05) is 0 Å². The molecule has 0 atom stereocenters. The van der Waals surface area contributed by atoms with Crippen LogP contribution in [0, 0.1) is 6.07 Å². The van der Waals surface area contributed by atoms with Crippen LogP contribution in [0.5, 0.6) is 11.5 Å². The van der Waals surface area contributed by atoms with Crippen molar-refractivity contribution in [3.05, 3.63) is 127 Å². The third-order valence-electron chi connectivity index (χ3n) is 6.88. The van der Waals surface area contributed by atoms with Crippen molar-refractivity contribution in [1.82, 2.24) is 0 Å². The van der Waals surface area contributed by atoms with E-state index in [0.717, 1.165) is 62.9 Å². The summed E-state index contributed by atoms with van der Waals surface area (Å²) in [6, 6.07) is 42.8. The Morgan fingerprint density at radius 2 is 1.05 bits per heavy atom. The Morgan fingerprint density at radius 1 is 0.537 bits per heavy atom. The van der Waals surface area contributed by atoms with E-state index in [2.05, 4.69) is 23.2 Å². The van der Waals surface area contributed by atoms with Crippen molar-refractivity contribution >= 4 is 74.6 Å². The molecular formula is C35H21BeNO2S2. The van der Waals surface area contributed by atoms with Gasteiger partial charge in [-0.2, -0.15) is 4.98 Å². The molecule has 0 saturated heterocycles. The summed E-state index contributed by atoms with van der Waals surface area (Å²) in [5.41, 5.74) is 2.55. The van der Waals surface area contributed by atoms with Crippen LogP contribution in [0.1, 0.15) is 0 Å². The van der Waals surface area contributed by atoms with Gasteiger partial charge in [-0.15, -0.1) is 29.3 Å². The molecule has 192 valence electrons. The van der Waals surface area contributed by atoms with Crippen LogP contribution in [0.4, 0.5) is 0 Å². The van der Waals surface area contributed by atoms with Crippen LogP contribution in [0.3, 0.4) is 0 Å². The third-order valence-corrected chi connectivity index (χ3v) is 9.08. The van der Waals surface area contributed by atoms with Crippen molar-refractivity contribution in [2.24, 2.45) is 0 Å². The van der Waals surface area contributed by atoms with Crippen LogP contribution in [-0.4, -0.2) is 10.1 Å². The quantitative estimate of drug-likeness (QED) is 0.160. The first kappa shape index (κ1) is 26.7. The van der Waals surface area contributed by atoms with Gasteiger partial charge in [0.15, 0.2) is 0 Å². The predicted octanol–water partition coefficient (Wildman–Crippen LogP) is 7.82. The molecule has 0 saturated carbocycles. The van der Waals surface area contributed by atoms with Gasteiger partial charge in [0.05, 0.1) is 5.56 Å². The Hall–Kier alpha value is -4.54. The minimum atomic E-state index is 0. The second-order valence-electron chi connectivity index (χ2n) is 9.50. The zero-order valence-corrected chi connectivity index (χ0v) is 23.5. The maximum absolute atomic E-state index is 12.3. The van der Waals surface area contributed by atoms with Crippen LogP contribution < -0.4 is 15.2 Å². The van der Waals surface area contributed by atoms with Crippen molar-refractivity contribution in [2.45, 2.75) is 0 Å². The SMILES string of the molecule is [Be+2].[O-]c1cc2ccccc2cc1-c1[c-]c2ccccc2s1.[O-]c1cc2ccccc2cc1-c1[nH+]c2ccccc2s1. The predicted molar refractivity (Wildman–Crippen MR) is 170 cm³/mol. The molecule has 0 amide bonds. The summed E-state index contributed by atoms with van der Waals surface area (Å²) in [5.74, 6) is 0.123. The average Bonchev–Trinajstić information content (AvgIpc) is 3.61. The van der Waals surface area contributed by atoms with Gasteiger partial charge in [-0.3, -0.25) is 0 Å². The number of para-hydroxylation sites is 1. The molecule has 41 heavy (non-hydrogen) atoms. The maximum atomic E-state index is 12.3. The average molecular weight is 561 g/mol. The van der Waals surface area contributed by atoms with Crippen LogP contribution in [0.2, 0.25) is 0 Å². The second-order valence-corrected chi connectivity index (χ2v) is 11.6. The molecule has 0 aliphatic heterocycles. The third kappa shape index (κ3) is 5.19. The van der Waals surface area contributed by atoms with Gasteiger partial charge in [0.25, 0.3) is 5.01 Å². The molecule has 6 heteroatoms. The van der Waals surface area contributed by atoms with Crippen LogP contribution >= 0.6 is 22.7 Å². The molecule has 0 bridgehead atoms. The van der Waals surface area contributed by atoms with Gasteiger partial charge in [0.1, 0.15) is 4.70 Å². The number of hydrogen-bond donors (Lipinski definition) is 0. The van der Waals surface area contributed by atoms with Gasteiger partial charge in [-0.1, -0.05) is 119 Å². The topological polar surface area (TPSA) is 60.3 Å². The first-order valence-corrected chi connectivity index (χ1v) is 14.5. The van der Waals surface area contributed by atoms with E-state index in [-0.39, 0.29) is 21.6 Å². The van der Waals surface area contributed by atoms with Gasteiger partial charge >= 0.3 is 10.1 Å². The number of benzene rings is 6. The molecular weight excluding hydrogens is 540 g/mol. The monoisotopic (exact) mass is 560 g/mol. The first-order valence-electron chi connectivity index (χ1n) is 12.8. The molecule has 8 rings (SSSR count). The van der Waals surface area contributed by atoms with E-state index in [1.165, 1.54) is 0 Å². The van der Waals surface area contributed by atoms with E-state index in [0.29, 0.717) is 0 Å². The molecule has 0 aliphatic carbocycles. The maximum Gasteiger partial charge on any atom is 2.00 e. The zero-order valence-electron chi connectivity index (χ0n) is 21.9. The van der Waals surface area contributed by atoms with Crippen LogP contribution in [-0.2, 0) is 0 Å². The number of hydrogen-bond acceptors (Lipinski definition) is 4. The minimum Gasteiger partial charge on any atom is -0.879 e. The summed E-state index contributed by atoms with van der Waals surface area (Å²) in [6.45, 7) is 0. The van der Waals surface area contributed by atoms with Crippen molar-refractivity contribution < 1.29 is 15.2 Å². The summed E-state index contributed by atoms with van der Waals surface area (Å²) < 4.78 is 2.32. The standard InChI is InChI=1S/C18H11OS.C17H11NOS.Be/c19-16-10-13-6-2-1-5-12(13)9-15(16)18-11-14-7-3-4-8-17(14)20-18;19-15-10-12-6-2-1-5-11(12)9-13(15)17-18-14-7-3-4-8-16(14)20-17;/h2*1-10,19H;/q-1;;+2/p-1. The zero-order chi connectivity index (χ0) is 27.1. The summed E-state index contributed by atoms with van der Waals surface area (Å²) >= 11 is 3.24. The van der Waals surface area contributed by atoms with E-state index < -0.39 is 0 Å². The molecule has 8 aromatic rings. The van der Waals surface area contributed by atoms with Crippen LogP contribution in [0.25, 0.3) is 62.9 Å². The largest absolute Gasteiger partial charge is 2.00 e. The van der Waals surface area contributed by atoms with Gasteiger partial charge in [0, 0.05) is 6.07 Å². The van der Waals surface area contributed by atoms with Crippen molar-refractivity contribution in [1.29, 1.82) is 0 Å². The fourth-order valence-electron chi connectivity index (χ4n) is 4.87. The van der Waals surface area contributed by atoms with Gasteiger partial charge in [-0.25, -0.2) is 11.3 Å². The van der Waals surface area contributed by atoms with Gasteiger partial charge < -0.3 is 10.2 Å². The molecule has 0 radical (unpaired) electrons. The number of fused-ring (bicyclic) bond motifs is 4. The number of thiazole rings is 1. The number of thiophene rings is 1. The van der Waals surface area contributed by atoms with E-state index in [9.17, 15) is 10.2 Å². The van der Waals surface area contributed by atoms with E-state index in [1.54, 1.807) is 34.8 Å². The number of nitrogens with one attached hydrogen (secondary N) is 1. The smallest absolute Gasteiger partial charge is 0.879 e. The Bertz CT molecular complexity index is 1940. The summed E-state index contributed by atoms with van der Waals surface area (Å²) in [6.07, 6.45) is 0. The fourth-order valence-corrected chi connectivity index (χ4v) is 6.92. The molecule has 0 spiro atoms. The summed E-state index contributed by atoms with van der Waals surface area (Å²) in [4.78, 5) is 4.25. The minimum absolute atomic E-state index is 0. The van der Waals surface area contributed by atoms with Crippen molar-refractivity contribution in [3.8, 4) is 32.5 Å². The van der Waals surface area contributed by atoms with E-state index in [1.807, 2.05) is 97.1 Å². The molecule has 0 fully saturated rings. The summed E-state index contributed by atoms with van der Waals surface area (Å²) in [5, 5.41) is 30.7. The Kier molecular flexibility index (Phi) is 7.25. The number of aromatic nitrogens is 1. The molecule has 0 unspecified atom stereocenters. The molecule has 6 aromatic carbocycles. The molecule has 0 aliphatic rings. The van der Waals surface area contributed by atoms with E-state index >= 15 is 0 Å². The molecule has 1 N–H and O–H groups in total. The fraction of sp³-hybridized carbons (Fsp3) is 0. The molecule has 3 nitrogen and oxygen atoms in total. The molecule has 2 aromatic heterocycles.